The maximum Gasteiger partial charge on any atom is 0.0657 e. The summed E-state index contributed by atoms with van der Waals surface area (Å²) in [4.78, 5) is 9.66. The van der Waals surface area contributed by atoms with E-state index in [1.54, 1.807) is 0 Å². The van der Waals surface area contributed by atoms with Crippen LogP contribution in [0.25, 0.3) is 0 Å². The third-order valence-electron chi connectivity index (χ3n) is 8.56. The Balaban J connectivity index is 1.56. The molecule has 0 atom stereocenters. The van der Waals surface area contributed by atoms with Crippen molar-refractivity contribution in [1.29, 1.82) is 0 Å². The zero-order valence-electron chi connectivity index (χ0n) is 25.4. The fourth-order valence-corrected chi connectivity index (χ4v) is 11.3. The summed E-state index contributed by atoms with van der Waals surface area (Å²) in [5, 5.41) is 0.651. The van der Waals surface area contributed by atoms with Crippen molar-refractivity contribution < 1.29 is 0 Å². The molecule has 0 unspecified atom stereocenters. The van der Waals surface area contributed by atoms with Crippen molar-refractivity contribution >= 4 is 71.7 Å². The van der Waals surface area contributed by atoms with Gasteiger partial charge in [0.05, 0.1) is 15.8 Å². The van der Waals surface area contributed by atoms with E-state index in [-0.39, 0.29) is 0 Å². The Morgan fingerprint density at radius 1 is 0.383 bits per heavy atom. The first-order chi connectivity index (χ1) is 23.1. The van der Waals surface area contributed by atoms with Crippen LogP contribution in [0.5, 0.6) is 0 Å². The van der Waals surface area contributed by atoms with E-state index in [1.807, 2.05) is 0 Å². The van der Waals surface area contributed by atoms with Crippen molar-refractivity contribution in [3.8, 4) is 0 Å². The SMILES string of the molecule is Clc1cc2c(Br)c(c1)N(c1ccccc1)c1cccc(c1)S(c1ccccc1)(c1ccccc1)c1cccc(c1)N2c1ccccc1. The summed E-state index contributed by atoms with van der Waals surface area (Å²) in [5.41, 5.74) is 6.09. The summed E-state index contributed by atoms with van der Waals surface area (Å²) in [6, 6.07) is 65.3. The van der Waals surface area contributed by atoms with Gasteiger partial charge in [-0.3, -0.25) is 0 Å². The van der Waals surface area contributed by atoms with Gasteiger partial charge in [-0.1, -0.05) is 96.5 Å². The molecule has 1 aliphatic heterocycles. The number of hydrogen-bond donors (Lipinski definition) is 0. The zero-order chi connectivity index (χ0) is 31.8. The Morgan fingerprint density at radius 2 is 0.723 bits per heavy atom. The number of fused-ring (bicyclic) bond motifs is 6. The molecule has 0 saturated heterocycles. The number of anilines is 6. The monoisotopic (exact) mass is 708 g/mol. The van der Waals surface area contributed by atoms with Gasteiger partial charge in [-0.05, 0) is 113 Å². The van der Waals surface area contributed by atoms with Crippen molar-refractivity contribution in [2.75, 3.05) is 9.80 Å². The van der Waals surface area contributed by atoms with Crippen LogP contribution in [0, 0.1) is 0 Å². The van der Waals surface area contributed by atoms with Crippen molar-refractivity contribution in [2.24, 2.45) is 0 Å². The molecule has 0 N–H and O–H groups in total. The maximum absolute atomic E-state index is 7.04. The molecule has 0 spiro atoms. The summed E-state index contributed by atoms with van der Waals surface area (Å²) in [6.07, 6.45) is 0. The van der Waals surface area contributed by atoms with E-state index in [2.05, 4.69) is 208 Å². The first-order valence-electron chi connectivity index (χ1n) is 15.5. The first kappa shape index (κ1) is 29.6. The normalized spacial score (nSPS) is 14.1. The minimum atomic E-state index is -1.96. The van der Waals surface area contributed by atoms with Gasteiger partial charge in [-0.2, -0.15) is 0 Å². The van der Waals surface area contributed by atoms with Crippen LogP contribution in [0.15, 0.2) is 206 Å². The van der Waals surface area contributed by atoms with Crippen LogP contribution in [0.1, 0.15) is 0 Å². The lowest BCUT2D eigenvalue weighted by Gasteiger charge is -2.43. The van der Waals surface area contributed by atoms with Gasteiger partial charge < -0.3 is 9.80 Å². The second kappa shape index (κ2) is 12.5. The van der Waals surface area contributed by atoms with E-state index in [9.17, 15) is 0 Å². The molecular weight excluding hydrogens is 680 g/mol. The van der Waals surface area contributed by atoms with Crippen molar-refractivity contribution in [1.82, 2.24) is 0 Å². The van der Waals surface area contributed by atoms with Gasteiger partial charge in [-0.15, -0.1) is 10.0 Å². The standard InChI is InChI=1S/C42H30BrClN2S/c43-42-40-27-31(44)28-41(42)46(33-17-7-2-8-18-33)35-20-14-26-39(30-35)47(36-21-9-3-10-22-36,37-23-11-4-12-24-37)38-25-13-19-34(29-38)45(40)32-15-5-1-6-16-32/h1-30H. The van der Waals surface area contributed by atoms with Crippen LogP contribution in [-0.2, 0) is 0 Å². The first-order valence-corrected chi connectivity index (χ1v) is 18.3. The summed E-state index contributed by atoms with van der Waals surface area (Å²) in [7, 11) is -1.96. The minimum Gasteiger partial charge on any atom is -0.309 e. The lowest BCUT2D eigenvalue weighted by molar-refractivity contribution is 1.18. The molecule has 0 amide bonds. The molecule has 0 aliphatic carbocycles. The van der Waals surface area contributed by atoms with E-state index in [0.717, 1.165) is 38.6 Å². The van der Waals surface area contributed by atoms with Gasteiger partial charge in [0.2, 0.25) is 0 Å². The topological polar surface area (TPSA) is 6.48 Å². The van der Waals surface area contributed by atoms with Crippen molar-refractivity contribution in [3.05, 3.63) is 191 Å². The summed E-state index contributed by atoms with van der Waals surface area (Å²) < 4.78 is 0.940. The molecule has 8 rings (SSSR count). The van der Waals surface area contributed by atoms with Crippen LogP contribution in [0.4, 0.5) is 34.1 Å². The van der Waals surface area contributed by atoms with E-state index in [0.29, 0.717) is 5.02 Å². The molecule has 6 bridgehead atoms. The van der Waals surface area contributed by atoms with Crippen molar-refractivity contribution in [2.45, 2.75) is 19.6 Å². The van der Waals surface area contributed by atoms with Crippen LogP contribution >= 0.6 is 37.6 Å². The average Bonchev–Trinajstić information content (AvgIpc) is 3.13. The number of rotatable bonds is 4. The number of para-hydroxylation sites is 2. The molecule has 47 heavy (non-hydrogen) atoms. The minimum absolute atomic E-state index is 0.651. The summed E-state index contributed by atoms with van der Waals surface area (Å²) >= 11 is 11.1. The molecular formula is C42H30BrClN2S. The molecule has 7 aromatic rings. The number of hydrogen-bond acceptors (Lipinski definition) is 2. The Hall–Kier alpha value is -4.74. The Bertz CT molecular complexity index is 2020. The molecule has 1 heterocycles. The van der Waals surface area contributed by atoms with Gasteiger partial charge >= 0.3 is 0 Å². The highest BCUT2D eigenvalue weighted by atomic mass is 79.9. The fraction of sp³-hybridized carbons (Fsp3) is 0. The van der Waals surface area contributed by atoms with Gasteiger partial charge in [0.1, 0.15) is 0 Å². The summed E-state index contributed by atoms with van der Waals surface area (Å²) in [5.74, 6) is 0. The Morgan fingerprint density at radius 3 is 1.13 bits per heavy atom. The van der Waals surface area contributed by atoms with Crippen LogP contribution < -0.4 is 9.80 Å². The lowest BCUT2D eigenvalue weighted by atomic mass is 10.1. The average molecular weight is 710 g/mol. The fourth-order valence-electron chi connectivity index (χ4n) is 6.59. The van der Waals surface area contributed by atoms with E-state index in [1.165, 1.54) is 19.6 Å². The lowest BCUT2D eigenvalue weighted by Crippen LogP contribution is -2.16. The molecule has 7 aromatic carbocycles. The molecule has 0 aromatic heterocycles. The molecule has 1 aliphatic rings. The predicted molar refractivity (Wildman–Crippen MR) is 202 cm³/mol. The highest BCUT2D eigenvalue weighted by Crippen LogP contribution is 2.74. The molecule has 0 radical (unpaired) electrons. The highest BCUT2D eigenvalue weighted by molar-refractivity contribution is 9.10. The van der Waals surface area contributed by atoms with E-state index in [4.69, 9.17) is 11.6 Å². The Kier molecular flexibility index (Phi) is 7.86. The van der Waals surface area contributed by atoms with E-state index >= 15 is 0 Å². The number of benzene rings is 7. The van der Waals surface area contributed by atoms with Gasteiger partial charge in [-0.25, -0.2) is 0 Å². The van der Waals surface area contributed by atoms with Gasteiger partial charge in [0.15, 0.2) is 0 Å². The van der Waals surface area contributed by atoms with Gasteiger partial charge in [0, 0.05) is 47.4 Å². The van der Waals surface area contributed by atoms with Crippen LogP contribution in [0.3, 0.4) is 0 Å². The second-order valence-electron chi connectivity index (χ2n) is 11.3. The predicted octanol–water partition coefficient (Wildman–Crippen LogP) is 13.7. The third kappa shape index (κ3) is 5.14. The number of halogens is 2. The molecule has 0 saturated carbocycles. The molecule has 5 heteroatoms. The zero-order valence-corrected chi connectivity index (χ0v) is 28.5. The third-order valence-corrected chi connectivity index (χ3v) is 13.5. The summed E-state index contributed by atoms with van der Waals surface area (Å²) in [6.45, 7) is 0. The number of nitrogens with zero attached hydrogens (tertiary/aromatic N) is 2. The largest absolute Gasteiger partial charge is 0.309 e. The molecule has 228 valence electrons. The Labute approximate surface area is 291 Å². The smallest absolute Gasteiger partial charge is 0.0657 e. The molecule has 2 nitrogen and oxygen atoms in total. The van der Waals surface area contributed by atoms with Gasteiger partial charge in [0.25, 0.3) is 0 Å². The second-order valence-corrected chi connectivity index (χ2v) is 15.7. The molecule has 0 fully saturated rings. The highest BCUT2D eigenvalue weighted by Gasteiger charge is 2.35. The van der Waals surface area contributed by atoms with Crippen molar-refractivity contribution in [3.63, 3.8) is 0 Å². The van der Waals surface area contributed by atoms with Crippen LogP contribution in [-0.4, -0.2) is 0 Å². The van der Waals surface area contributed by atoms with E-state index < -0.39 is 10.0 Å². The maximum atomic E-state index is 7.04. The quantitative estimate of drug-likeness (QED) is 0.179. The van der Waals surface area contributed by atoms with Crippen LogP contribution in [0.2, 0.25) is 5.02 Å².